The summed E-state index contributed by atoms with van der Waals surface area (Å²) in [5.41, 5.74) is 3.51. The molecule has 3 rings (SSSR count). The smallest absolute Gasteiger partial charge is 0.248 e. The number of ether oxygens (including phenoxy) is 1. The van der Waals surface area contributed by atoms with Crippen molar-refractivity contribution in [3.05, 3.63) is 59.7 Å². The van der Waals surface area contributed by atoms with Crippen molar-refractivity contribution < 1.29 is 9.53 Å². The lowest BCUT2D eigenvalue weighted by molar-refractivity contribution is -0.116. The number of carbonyl (C=O) groups excluding carboxylic acids is 1. The first-order chi connectivity index (χ1) is 10.2. The molecule has 1 aliphatic heterocycles. The Morgan fingerprint density at radius 2 is 1.81 bits per heavy atom. The minimum absolute atomic E-state index is 0.0917. The molecule has 0 saturated carbocycles. The molecule has 1 atom stereocenters. The van der Waals surface area contributed by atoms with Gasteiger partial charge in [-0.3, -0.25) is 9.79 Å². The summed E-state index contributed by atoms with van der Waals surface area (Å²) in [6.07, 6.45) is 0. The van der Waals surface area contributed by atoms with E-state index < -0.39 is 6.04 Å². The number of benzene rings is 2. The van der Waals surface area contributed by atoms with Crippen molar-refractivity contribution in [3.8, 4) is 5.75 Å². The van der Waals surface area contributed by atoms with Gasteiger partial charge < -0.3 is 10.1 Å². The predicted octanol–water partition coefficient (Wildman–Crippen LogP) is 2.87. The molecular weight excluding hydrogens is 264 g/mol. The van der Waals surface area contributed by atoms with Crippen molar-refractivity contribution in [2.45, 2.75) is 13.0 Å². The Labute approximate surface area is 123 Å². The van der Waals surface area contributed by atoms with E-state index in [0.29, 0.717) is 0 Å². The van der Waals surface area contributed by atoms with Crippen LogP contribution in [-0.2, 0) is 4.79 Å². The summed E-state index contributed by atoms with van der Waals surface area (Å²) in [6, 6.07) is 15.0. The Balaban J connectivity index is 2.13. The molecule has 0 aromatic heterocycles. The maximum absolute atomic E-state index is 12.0. The number of fused-ring (bicyclic) bond motifs is 1. The van der Waals surface area contributed by atoms with E-state index in [1.54, 1.807) is 14.0 Å². The molecule has 1 heterocycles. The lowest BCUT2D eigenvalue weighted by Gasteiger charge is -2.10. The molecule has 0 radical (unpaired) electrons. The lowest BCUT2D eigenvalue weighted by atomic mass is 10.0. The molecule has 106 valence electrons. The van der Waals surface area contributed by atoms with Crippen LogP contribution in [0.25, 0.3) is 0 Å². The maximum Gasteiger partial charge on any atom is 0.248 e. The summed E-state index contributed by atoms with van der Waals surface area (Å²) in [7, 11) is 1.64. The van der Waals surface area contributed by atoms with Gasteiger partial charge in [-0.25, -0.2) is 0 Å². The standard InChI is InChI=1S/C17H16N2O2/c1-11-17(20)19-15-6-4-3-5-14(15)16(18-11)12-7-9-13(21-2)10-8-12/h3-11H,1-2H3,(H,19,20)/t11-/m1/s1. The monoisotopic (exact) mass is 280 g/mol. The van der Waals surface area contributed by atoms with E-state index in [9.17, 15) is 4.79 Å². The quantitative estimate of drug-likeness (QED) is 0.919. The number of benzodiazepines with no additional fused rings is 1. The second-order valence-corrected chi connectivity index (χ2v) is 4.92. The molecule has 0 aliphatic carbocycles. The second-order valence-electron chi connectivity index (χ2n) is 4.92. The molecule has 2 aromatic rings. The summed E-state index contributed by atoms with van der Waals surface area (Å²) >= 11 is 0. The molecule has 0 unspecified atom stereocenters. The molecule has 1 amide bonds. The SMILES string of the molecule is COc1ccc(C2=N[C@H](C)C(=O)Nc3ccccc32)cc1. The highest BCUT2D eigenvalue weighted by molar-refractivity contribution is 6.19. The van der Waals surface area contributed by atoms with E-state index in [4.69, 9.17) is 4.74 Å². The first-order valence-electron chi connectivity index (χ1n) is 6.81. The molecule has 1 aliphatic rings. The Bertz CT molecular complexity index is 705. The van der Waals surface area contributed by atoms with Crippen molar-refractivity contribution in [3.63, 3.8) is 0 Å². The second kappa shape index (κ2) is 5.40. The fourth-order valence-corrected chi connectivity index (χ4v) is 2.34. The van der Waals surface area contributed by atoms with E-state index in [1.807, 2.05) is 48.5 Å². The van der Waals surface area contributed by atoms with Crippen LogP contribution in [0, 0.1) is 0 Å². The van der Waals surface area contributed by atoms with Gasteiger partial charge >= 0.3 is 0 Å². The third-order valence-corrected chi connectivity index (χ3v) is 3.51. The van der Waals surface area contributed by atoms with E-state index in [2.05, 4.69) is 10.3 Å². The third-order valence-electron chi connectivity index (χ3n) is 3.51. The topological polar surface area (TPSA) is 50.7 Å². The lowest BCUT2D eigenvalue weighted by Crippen LogP contribution is -2.22. The fourth-order valence-electron chi connectivity index (χ4n) is 2.34. The number of nitrogens with zero attached hydrogens (tertiary/aromatic N) is 1. The number of methoxy groups -OCH3 is 1. The van der Waals surface area contributed by atoms with Crippen molar-refractivity contribution in [2.24, 2.45) is 4.99 Å². The highest BCUT2D eigenvalue weighted by atomic mass is 16.5. The number of hydrogen-bond donors (Lipinski definition) is 1. The molecule has 0 saturated heterocycles. The molecule has 0 spiro atoms. The van der Waals surface area contributed by atoms with Crippen LogP contribution in [0.1, 0.15) is 18.1 Å². The summed E-state index contributed by atoms with van der Waals surface area (Å²) in [5, 5.41) is 2.92. The molecule has 1 N–H and O–H groups in total. The van der Waals surface area contributed by atoms with Crippen molar-refractivity contribution in [1.82, 2.24) is 0 Å². The van der Waals surface area contributed by atoms with Gasteiger partial charge in [0.1, 0.15) is 11.8 Å². The minimum atomic E-state index is -0.422. The van der Waals surface area contributed by atoms with Gasteiger partial charge in [-0.05, 0) is 37.3 Å². The predicted molar refractivity (Wildman–Crippen MR) is 83.2 cm³/mol. The molecule has 0 fully saturated rings. The molecule has 4 heteroatoms. The Kier molecular flexibility index (Phi) is 3.44. The zero-order valence-corrected chi connectivity index (χ0v) is 12.0. The minimum Gasteiger partial charge on any atom is -0.497 e. The molecule has 2 aromatic carbocycles. The van der Waals surface area contributed by atoms with Crippen LogP contribution in [0.15, 0.2) is 53.5 Å². The fraction of sp³-hybridized carbons (Fsp3) is 0.176. The van der Waals surface area contributed by atoms with Crippen LogP contribution >= 0.6 is 0 Å². The Morgan fingerprint density at radius 1 is 1.10 bits per heavy atom. The Hall–Kier alpha value is -2.62. The molecule has 4 nitrogen and oxygen atoms in total. The van der Waals surface area contributed by atoms with Gasteiger partial charge in [-0.2, -0.15) is 0 Å². The van der Waals surface area contributed by atoms with Gasteiger partial charge in [0, 0.05) is 11.1 Å². The van der Waals surface area contributed by atoms with Crippen LogP contribution in [0.4, 0.5) is 5.69 Å². The zero-order valence-electron chi connectivity index (χ0n) is 12.0. The normalized spacial score (nSPS) is 17.3. The van der Waals surface area contributed by atoms with Crippen molar-refractivity contribution in [2.75, 3.05) is 12.4 Å². The van der Waals surface area contributed by atoms with Gasteiger partial charge in [0.25, 0.3) is 0 Å². The van der Waals surface area contributed by atoms with Crippen molar-refractivity contribution in [1.29, 1.82) is 0 Å². The summed E-state index contributed by atoms with van der Waals surface area (Å²) in [5.74, 6) is 0.703. The van der Waals surface area contributed by atoms with Gasteiger partial charge in [0.05, 0.1) is 18.5 Å². The average molecular weight is 280 g/mol. The number of rotatable bonds is 2. The first-order valence-corrected chi connectivity index (χ1v) is 6.81. The number of nitrogens with one attached hydrogen (secondary N) is 1. The zero-order chi connectivity index (χ0) is 14.8. The summed E-state index contributed by atoms with van der Waals surface area (Å²) in [4.78, 5) is 16.6. The van der Waals surface area contributed by atoms with Gasteiger partial charge in [-0.15, -0.1) is 0 Å². The highest BCUT2D eigenvalue weighted by Gasteiger charge is 2.22. The maximum atomic E-state index is 12.0. The molecule has 0 bridgehead atoms. The number of amides is 1. The number of aliphatic imine (C=N–C) groups is 1. The van der Waals surface area contributed by atoms with Gasteiger partial charge in [-0.1, -0.05) is 18.2 Å². The van der Waals surface area contributed by atoms with E-state index in [-0.39, 0.29) is 5.91 Å². The molecular formula is C17H16N2O2. The molecule has 21 heavy (non-hydrogen) atoms. The summed E-state index contributed by atoms with van der Waals surface area (Å²) < 4.78 is 5.18. The van der Waals surface area contributed by atoms with Crippen molar-refractivity contribution >= 4 is 17.3 Å². The van der Waals surface area contributed by atoms with E-state index >= 15 is 0 Å². The average Bonchev–Trinajstić information content (AvgIpc) is 2.65. The van der Waals surface area contributed by atoms with Gasteiger partial charge in [0.15, 0.2) is 0 Å². The first kappa shape index (κ1) is 13.4. The van der Waals surface area contributed by atoms with E-state index in [1.165, 1.54) is 0 Å². The number of anilines is 1. The third kappa shape index (κ3) is 2.52. The largest absolute Gasteiger partial charge is 0.497 e. The number of hydrogen-bond acceptors (Lipinski definition) is 3. The number of carbonyl (C=O) groups is 1. The van der Waals surface area contributed by atoms with Crippen LogP contribution in [0.3, 0.4) is 0 Å². The van der Waals surface area contributed by atoms with Gasteiger partial charge in [0.2, 0.25) is 5.91 Å². The van der Waals surface area contributed by atoms with Crippen LogP contribution in [-0.4, -0.2) is 24.8 Å². The highest BCUT2D eigenvalue weighted by Crippen LogP contribution is 2.24. The van der Waals surface area contributed by atoms with Crippen LogP contribution in [0.5, 0.6) is 5.75 Å². The Morgan fingerprint density at radius 3 is 2.52 bits per heavy atom. The van der Waals surface area contributed by atoms with E-state index in [0.717, 1.165) is 28.3 Å². The van der Waals surface area contributed by atoms with Crippen LogP contribution in [0.2, 0.25) is 0 Å². The summed E-state index contributed by atoms with van der Waals surface area (Å²) in [6.45, 7) is 1.80. The van der Waals surface area contributed by atoms with Crippen LogP contribution < -0.4 is 10.1 Å². The number of para-hydroxylation sites is 1.